The van der Waals surface area contributed by atoms with E-state index in [9.17, 15) is 4.79 Å². The molecule has 0 spiro atoms. The molecule has 0 bridgehead atoms. The third-order valence-electron chi connectivity index (χ3n) is 0.835. The average molecular weight is 129 g/mol. The fourth-order valence-electron chi connectivity index (χ4n) is 0.420. The summed E-state index contributed by atoms with van der Waals surface area (Å²) in [4.78, 5) is 14.2. The Bertz CT molecular complexity index is 91.1. The number of oxime groups is 1. The van der Waals surface area contributed by atoms with Crippen molar-refractivity contribution in [3.63, 3.8) is 0 Å². The van der Waals surface area contributed by atoms with Crippen molar-refractivity contribution in [2.24, 2.45) is 5.16 Å². The molecule has 3 nitrogen and oxygen atoms in total. The van der Waals surface area contributed by atoms with Gasteiger partial charge in [-0.15, -0.1) is 0 Å². The molecule has 9 heavy (non-hydrogen) atoms. The van der Waals surface area contributed by atoms with E-state index in [-0.39, 0.29) is 0 Å². The number of carbonyl (C=O) groups excluding carboxylic acids is 1. The minimum Gasteiger partial charge on any atom is -0.399 e. The van der Waals surface area contributed by atoms with Crippen molar-refractivity contribution in [2.45, 2.75) is 19.3 Å². The highest BCUT2D eigenvalue weighted by atomic mass is 16.6. The highest BCUT2D eigenvalue weighted by Gasteiger charge is 1.80. The molecule has 0 aliphatic rings. The van der Waals surface area contributed by atoms with Gasteiger partial charge in [-0.1, -0.05) is 5.16 Å². The molecule has 0 aromatic heterocycles. The van der Waals surface area contributed by atoms with Crippen LogP contribution in [-0.2, 0) is 9.63 Å². The molecule has 0 aromatic carbocycles. The van der Waals surface area contributed by atoms with Crippen LogP contribution in [0.3, 0.4) is 0 Å². The van der Waals surface area contributed by atoms with E-state index in [1.165, 1.54) is 7.11 Å². The molecule has 52 valence electrons. The van der Waals surface area contributed by atoms with Crippen molar-refractivity contribution in [1.29, 1.82) is 0 Å². The molecule has 3 heteroatoms. The van der Waals surface area contributed by atoms with E-state index < -0.39 is 0 Å². The molecular formula is C6H11NO2. The number of unbranched alkanes of at least 4 members (excludes halogenated alkanes) is 2. The number of hydrogen-bond donors (Lipinski definition) is 0. The first-order valence-electron chi connectivity index (χ1n) is 2.90. The predicted octanol–water partition coefficient (Wildman–Crippen LogP) is 0.988. The summed E-state index contributed by atoms with van der Waals surface area (Å²) in [5.41, 5.74) is 0. The summed E-state index contributed by atoms with van der Waals surface area (Å²) >= 11 is 0. The van der Waals surface area contributed by atoms with Gasteiger partial charge in [-0.2, -0.15) is 0 Å². The number of nitrogens with zero attached hydrogens (tertiary/aromatic N) is 1. The Labute approximate surface area is 54.7 Å². The second-order valence-electron chi connectivity index (χ2n) is 1.57. The third-order valence-corrected chi connectivity index (χ3v) is 0.835. The maximum atomic E-state index is 9.76. The molecule has 0 amide bonds. The quantitative estimate of drug-likeness (QED) is 0.240. The topological polar surface area (TPSA) is 38.7 Å². The summed E-state index contributed by atoms with van der Waals surface area (Å²) in [6, 6.07) is 0. The van der Waals surface area contributed by atoms with Crippen molar-refractivity contribution >= 4 is 12.5 Å². The van der Waals surface area contributed by atoms with E-state index in [4.69, 9.17) is 0 Å². The van der Waals surface area contributed by atoms with Crippen LogP contribution in [0.25, 0.3) is 0 Å². The first-order chi connectivity index (χ1) is 4.41. The molecule has 0 radical (unpaired) electrons. The van der Waals surface area contributed by atoms with Gasteiger partial charge in [-0.25, -0.2) is 0 Å². The normalized spacial score (nSPS) is 9.89. The van der Waals surface area contributed by atoms with Crippen molar-refractivity contribution in [1.82, 2.24) is 0 Å². The van der Waals surface area contributed by atoms with Crippen LogP contribution >= 0.6 is 0 Å². The number of carbonyl (C=O) groups is 1. The fourth-order valence-corrected chi connectivity index (χ4v) is 0.420. The van der Waals surface area contributed by atoms with Crippen LogP contribution in [-0.4, -0.2) is 19.6 Å². The van der Waals surface area contributed by atoms with E-state index in [1.807, 2.05) is 0 Å². The Morgan fingerprint density at radius 2 is 2.33 bits per heavy atom. The van der Waals surface area contributed by atoms with Gasteiger partial charge in [0.05, 0.1) is 0 Å². The van der Waals surface area contributed by atoms with Crippen LogP contribution in [0.2, 0.25) is 0 Å². The van der Waals surface area contributed by atoms with E-state index in [1.54, 1.807) is 6.21 Å². The smallest absolute Gasteiger partial charge is 0.120 e. The Kier molecular flexibility index (Phi) is 6.46. The van der Waals surface area contributed by atoms with Gasteiger partial charge in [0.25, 0.3) is 0 Å². The third kappa shape index (κ3) is 7.14. The van der Waals surface area contributed by atoms with Gasteiger partial charge < -0.3 is 9.63 Å². The number of aldehydes is 1. The lowest BCUT2D eigenvalue weighted by molar-refractivity contribution is -0.107. The highest BCUT2D eigenvalue weighted by molar-refractivity contribution is 5.57. The lowest BCUT2D eigenvalue weighted by Crippen LogP contribution is -1.79. The molecule has 0 fully saturated rings. The fraction of sp³-hybridized carbons (Fsp3) is 0.667. The van der Waals surface area contributed by atoms with E-state index in [0.717, 1.165) is 19.1 Å². The predicted molar refractivity (Wildman–Crippen MR) is 35.4 cm³/mol. The summed E-state index contributed by atoms with van der Waals surface area (Å²) in [7, 11) is 1.50. The van der Waals surface area contributed by atoms with Gasteiger partial charge in [-0.05, 0) is 12.8 Å². The monoisotopic (exact) mass is 129 g/mol. The Morgan fingerprint density at radius 1 is 1.56 bits per heavy atom. The van der Waals surface area contributed by atoms with Gasteiger partial charge in [0.1, 0.15) is 13.4 Å². The zero-order valence-electron chi connectivity index (χ0n) is 5.54. The van der Waals surface area contributed by atoms with Crippen molar-refractivity contribution < 1.29 is 9.63 Å². The van der Waals surface area contributed by atoms with Gasteiger partial charge in [0.2, 0.25) is 0 Å². The first kappa shape index (κ1) is 8.14. The molecule has 0 saturated heterocycles. The highest BCUT2D eigenvalue weighted by Crippen LogP contribution is 1.87. The molecule has 0 unspecified atom stereocenters. The molecule has 0 aliphatic carbocycles. The number of rotatable bonds is 5. The molecule has 0 rings (SSSR count). The largest absolute Gasteiger partial charge is 0.399 e. The standard InChI is InChI=1S/C6H11NO2/c1-9-7-5-3-2-4-6-8/h5-6H,2-4H2,1H3. The van der Waals surface area contributed by atoms with Gasteiger partial charge in [-0.3, -0.25) is 0 Å². The maximum Gasteiger partial charge on any atom is 0.120 e. The van der Waals surface area contributed by atoms with Crippen LogP contribution < -0.4 is 0 Å². The molecule has 0 heterocycles. The van der Waals surface area contributed by atoms with Crippen molar-refractivity contribution in [2.75, 3.05) is 7.11 Å². The Hall–Kier alpha value is -0.860. The van der Waals surface area contributed by atoms with E-state index >= 15 is 0 Å². The lowest BCUT2D eigenvalue weighted by atomic mass is 10.3. The SMILES string of the molecule is CON=CCCCC=O. The van der Waals surface area contributed by atoms with Gasteiger partial charge in [0.15, 0.2) is 0 Å². The second-order valence-corrected chi connectivity index (χ2v) is 1.57. The maximum absolute atomic E-state index is 9.76. The lowest BCUT2D eigenvalue weighted by Gasteiger charge is -1.85. The van der Waals surface area contributed by atoms with Crippen LogP contribution in [0.1, 0.15) is 19.3 Å². The van der Waals surface area contributed by atoms with Crippen LogP contribution in [0.4, 0.5) is 0 Å². The Balaban J connectivity index is 2.90. The average Bonchev–Trinajstić information content (AvgIpc) is 1.89. The zero-order chi connectivity index (χ0) is 6.95. The van der Waals surface area contributed by atoms with Crippen molar-refractivity contribution in [3.05, 3.63) is 0 Å². The summed E-state index contributed by atoms with van der Waals surface area (Å²) in [6.07, 6.45) is 4.84. The summed E-state index contributed by atoms with van der Waals surface area (Å²) in [6.45, 7) is 0. The molecule has 0 atom stereocenters. The number of hydrogen-bond acceptors (Lipinski definition) is 3. The first-order valence-corrected chi connectivity index (χ1v) is 2.90. The second kappa shape index (κ2) is 7.14. The minimum absolute atomic E-state index is 0.607. The van der Waals surface area contributed by atoms with Crippen LogP contribution in [0, 0.1) is 0 Å². The van der Waals surface area contributed by atoms with Gasteiger partial charge >= 0.3 is 0 Å². The van der Waals surface area contributed by atoms with Crippen LogP contribution in [0.15, 0.2) is 5.16 Å². The Morgan fingerprint density at radius 3 is 2.89 bits per heavy atom. The van der Waals surface area contributed by atoms with E-state index in [0.29, 0.717) is 6.42 Å². The van der Waals surface area contributed by atoms with Gasteiger partial charge in [0, 0.05) is 12.6 Å². The molecular weight excluding hydrogens is 118 g/mol. The molecule has 0 saturated carbocycles. The minimum atomic E-state index is 0.607. The zero-order valence-corrected chi connectivity index (χ0v) is 5.54. The molecule has 0 aromatic rings. The summed E-state index contributed by atoms with van der Waals surface area (Å²) in [5.74, 6) is 0. The molecule has 0 N–H and O–H groups in total. The van der Waals surface area contributed by atoms with Crippen molar-refractivity contribution in [3.8, 4) is 0 Å². The molecule has 0 aliphatic heterocycles. The van der Waals surface area contributed by atoms with Crippen LogP contribution in [0.5, 0.6) is 0 Å². The van der Waals surface area contributed by atoms with E-state index in [2.05, 4.69) is 9.99 Å². The summed E-state index contributed by atoms with van der Waals surface area (Å²) in [5, 5.41) is 3.50. The summed E-state index contributed by atoms with van der Waals surface area (Å²) < 4.78 is 0.